The van der Waals surface area contributed by atoms with Crippen molar-refractivity contribution < 1.29 is 4.79 Å². The van der Waals surface area contributed by atoms with E-state index in [1.54, 1.807) is 10.7 Å². The van der Waals surface area contributed by atoms with Crippen LogP contribution in [0.4, 0.5) is 5.13 Å². The normalized spacial score (nSPS) is 10.9. The third-order valence-electron chi connectivity index (χ3n) is 4.41. The molecule has 2 aromatic heterocycles. The summed E-state index contributed by atoms with van der Waals surface area (Å²) in [5.41, 5.74) is 3.65. The molecule has 0 aliphatic carbocycles. The molecule has 140 valence electrons. The maximum absolute atomic E-state index is 12.3. The van der Waals surface area contributed by atoms with Gasteiger partial charge in [0.2, 0.25) is 11.3 Å². The molecule has 0 atom stereocenters. The SMILES string of the molecule is Cc1ccc(-c2csc(NC(=O)CCn3ncc(=O)c4ccccc43)n2)cc1. The molecule has 0 fully saturated rings. The van der Waals surface area contributed by atoms with Crippen LogP contribution in [0.5, 0.6) is 0 Å². The highest BCUT2D eigenvalue weighted by Gasteiger charge is 2.10. The van der Waals surface area contributed by atoms with E-state index in [4.69, 9.17) is 0 Å². The van der Waals surface area contributed by atoms with E-state index in [1.165, 1.54) is 23.1 Å². The van der Waals surface area contributed by atoms with Gasteiger partial charge in [0.1, 0.15) is 0 Å². The van der Waals surface area contributed by atoms with Crippen molar-refractivity contribution in [3.63, 3.8) is 0 Å². The number of hydrogen-bond acceptors (Lipinski definition) is 5. The second-order valence-electron chi connectivity index (χ2n) is 6.45. The fourth-order valence-electron chi connectivity index (χ4n) is 2.92. The zero-order valence-electron chi connectivity index (χ0n) is 15.3. The number of hydrogen-bond donors (Lipinski definition) is 1. The third-order valence-corrected chi connectivity index (χ3v) is 5.17. The Morgan fingerprint density at radius 3 is 2.75 bits per heavy atom. The van der Waals surface area contributed by atoms with Crippen LogP contribution in [0.3, 0.4) is 0 Å². The summed E-state index contributed by atoms with van der Waals surface area (Å²) in [7, 11) is 0. The second kappa shape index (κ2) is 7.74. The third kappa shape index (κ3) is 3.84. The second-order valence-corrected chi connectivity index (χ2v) is 7.31. The molecule has 28 heavy (non-hydrogen) atoms. The predicted molar refractivity (Wildman–Crippen MR) is 112 cm³/mol. The molecular formula is C21H18N4O2S. The van der Waals surface area contributed by atoms with Gasteiger partial charge >= 0.3 is 0 Å². The summed E-state index contributed by atoms with van der Waals surface area (Å²) in [5.74, 6) is -0.144. The van der Waals surface area contributed by atoms with Gasteiger partial charge in [-0.25, -0.2) is 4.98 Å². The predicted octanol–water partition coefficient (Wildman–Crippen LogP) is 3.86. The molecule has 4 rings (SSSR count). The van der Waals surface area contributed by atoms with Crippen LogP contribution in [0.2, 0.25) is 0 Å². The molecule has 0 spiro atoms. The van der Waals surface area contributed by atoms with Crippen molar-refractivity contribution in [3.8, 4) is 11.3 Å². The van der Waals surface area contributed by atoms with E-state index >= 15 is 0 Å². The first kappa shape index (κ1) is 18.1. The van der Waals surface area contributed by atoms with Crippen molar-refractivity contribution in [1.29, 1.82) is 0 Å². The summed E-state index contributed by atoms with van der Waals surface area (Å²) in [6, 6.07) is 15.4. The van der Waals surface area contributed by atoms with Crippen LogP contribution in [-0.4, -0.2) is 20.7 Å². The summed E-state index contributed by atoms with van der Waals surface area (Å²) in [4.78, 5) is 28.7. The first-order chi connectivity index (χ1) is 13.6. The van der Waals surface area contributed by atoms with Gasteiger partial charge in [-0.3, -0.25) is 14.3 Å². The van der Waals surface area contributed by atoms with Gasteiger partial charge in [0, 0.05) is 22.8 Å². The molecule has 1 amide bonds. The van der Waals surface area contributed by atoms with Crippen molar-refractivity contribution in [2.45, 2.75) is 19.9 Å². The number of carbonyl (C=O) groups is 1. The summed E-state index contributed by atoms with van der Waals surface area (Å²) >= 11 is 1.40. The standard InChI is InChI=1S/C21H18N4O2S/c1-14-6-8-15(9-7-14)17-13-28-21(23-17)24-20(27)10-11-25-18-5-3-2-4-16(18)19(26)12-22-25/h2-9,12-13H,10-11H2,1H3,(H,23,24,27). The summed E-state index contributed by atoms with van der Waals surface area (Å²) in [6.07, 6.45) is 1.52. The highest BCUT2D eigenvalue weighted by Crippen LogP contribution is 2.25. The average molecular weight is 390 g/mol. The number of aromatic nitrogens is 3. The Morgan fingerprint density at radius 1 is 1.14 bits per heavy atom. The number of amides is 1. The highest BCUT2D eigenvalue weighted by atomic mass is 32.1. The lowest BCUT2D eigenvalue weighted by Gasteiger charge is -2.08. The Morgan fingerprint density at radius 2 is 1.93 bits per heavy atom. The minimum Gasteiger partial charge on any atom is -0.302 e. The molecule has 0 unspecified atom stereocenters. The van der Waals surface area contributed by atoms with Crippen LogP contribution in [0.25, 0.3) is 22.2 Å². The van der Waals surface area contributed by atoms with Gasteiger partial charge in [-0.2, -0.15) is 5.10 Å². The number of thiazole rings is 1. The highest BCUT2D eigenvalue weighted by molar-refractivity contribution is 7.14. The van der Waals surface area contributed by atoms with E-state index in [1.807, 2.05) is 54.8 Å². The van der Waals surface area contributed by atoms with E-state index < -0.39 is 0 Å². The monoisotopic (exact) mass is 390 g/mol. The molecule has 0 radical (unpaired) electrons. The van der Waals surface area contributed by atoms with Crippen LogP contribution in [0.1, 0.15) is 12.0 Å². The Labute approximate surface area is 165 Å². The number of anilines is 1. The maximum atomic E-state index is 12.3. The van der Waals surface area contributed by atoms with Gasteiger partial charge in [0.05, 0.1) is 24.0 Å². The van der Waals surface area contributed by atoms with Crippen molar-refractivity contribution in [1.82, 2.24) is 14.8 Å². The van der Waals surface area contributed by atoms with Crippen molar-refractivity contribution in [2.75, 3.05) is 5.32 Å². The Balaban J connectivity index is 1.42. The lowest BCUT2D eigenvalue weighted by Crippen LogP contribution is -2.17. The number of carbonyl (C=O) groups excluding carboxylic acids is 1. The van der Waals surface area contributed by atoms with E-state index in [2.05, 4.69) is 15.4 Å². The van der Waals surface area contributed by atoms with E-state index in [0.717, 1.165) is 16.8 Å². The largest absolute Gasteiger partial charge is 0.302 e. The first-order valence-electron chi connectivity index (χ1n) is 8.87. The van der Waals surface area contributed by atoms with Crippen LogP contribution < -0.4 is 10.7 Å². The molecule has 0 aliphatic rings. The number of para-hydroxylation sites is 1. The van der Waals surface area contributed by atoms with Crippen molar-refractivity contribution in [3.05, 3.63) is 75.9 Å². The fraction of sp³-hybridized carbons (Fsp3) is 0.143. The van der Waals surface area contributed by atoms with Crippen LogP contribution >= 0.6 is 11.3 Å². The lowest BCUT2D eigenvalue weighted by molar-refractivity contribution is -0.116. The van der Waals surface area contributed by atoms with Gasteiger partial charge in [0.15, 0.2) is 5.13 Å². The smallest absolute Gasteiger partial charge is 0.228 e. The molecule has 0 aliphatic heterocycles. The molecule has 0 saturated heterocycles. The van der Waals surface area contributed by atoms with Gasteiger partial charge in [-0.05, 0) is 19.1 Å². The maximum Gasteiger partial charge on any atom is 0.228 e. The van der Waals surface area contributed by atoms with Crippen LogP contribution in [0.15, 0.2) is 64.9 Å². The Bertz CT molecular complexity index is 1190. The molecule has 0 bridgehead atoms. The van der Waals surface area contributed by atoms with Crippen LogP contribution in [0, 0.1) is 6.92 Å². The number of nitrogens with one attached hydrogen (secondary N) is 1. The van der Waals surface area contributed by atoms with E-state index in [-0.39, 0.29) is 17.8 Å². The summed E-state index contributed by atoms with van der Waals surface area (Å²) < 4.78 is 1.68. The van der Waals surface area contributed by atoms with Gasteiger partial charge < -0.3 is 5.32 Å². The quantitative estimate of drug-likeness (QED) is 0.561. The van der Waals surface area contributed by atoms with Crippen molar-refractivity contribution >= 4 is 33.3 Å². The number of nitrogens with zero attached hydrogens (tertiary/aromatic N) is 3. The Hall–Kier alpha value is -3.32. The topological polar surface area (TPSA) is 76.9 Å². The zero-order valence-corrected chi connectivity index (χ0v) is 16.1. The summed E-state index contributed by atoms with van der Waals surface area (Å²) in [5, 5.41) is 10.1. The van der Waals surface area contributed by atoms with Gasteiger partial charge in [0.25, 0.3) is 0 Å². The molecule has 4 aromatic rings. The molecule has 1 N–H and O–H groups in total. The van der Waals surface area contributed by atoms with E-state index in [0.29, 0.717) is 17.1 Å². The zero-order chi connectivity index (χ0) is 19.5. The molecule has 7 heteroatoms. The molecular weight excluding hydrogens is 372 g/mol. The van der Waals surface area contributed by atoms with Crippen LogP contribution in [-0.2, 0) is 11.3 Å². The van der Waals surface area contributed by atoms with Gasteiger partial charge in [-0.1, -0.05) is 42.0 Å². The molecule has 6 nitrogen and oxygen atoms in total. The molecule has 2 aromatic carbocycles. The average Bonchev–Trinajstić information content (AvgIpc) is 3.16. The number of fused-ring (bicyclic) bond motifs is 1. The fourth-order valence-corrected chi connectivity index (χ4v) is 3.65. The number of benzene rings is 2. The number of rotatable bonds is 5. The molecule has 0 saturated carbocycles. The Kier molecular flexibility index (Phi) is 4.99. The molecule has 2 heterocycles. The number of aryl methyl sites for hydroxylation is 2. The van der Waals surface area contributed by atoms with E-state index in [9.17, 15) is 9.59 Å². The minimum atomic E-state index is -0.144. The lowest BCUT2D eigenvalue weighted by atomic mass is 10.1. The van der Waals surface area contributed by atoms with Gasteiger partial charge in [-0.15, -0.1) is 11.3 Å². The summed E-state index contributed by atoms with van der Waals surface area (Å²) in [6.45, 7) is 2.42. The minimum absolute atomic E-state index is 0.122. The van der Waals surface area contributed by atoms with Crippen molar-refractivity contribution in [2.24, 2.45) is 0 Å². The first-order valence-corrected chi connectivity index (χ1v) is 9.75.